The van der Waals surface area contributed by atoms with Crippen LogP contribution in [-0.2, 0) is 0 Å². The van der Waals surface area contributed by atoms with Gasteiger partial charge in [0.15, 0.2) is 17.3 Å². The van der Waals surface area contributed by atoms with E-state index in [4.69, 9.17) is 4.74 Å². The first-order chi connectivity index (χ1) is 9.27. The number of ether oxygens (including phenoxy) is 1. The number of benzene rings is 1. The molecule has 0 spiro atoms. The lowest BCUT2D eigenvalue weighted by molar-refractivity contribution is 0.0536. The average molecular weight is 278 g/mol. The topological polar surface area (TPSA) is 26.3 Å². The van der Waals surface area contributed by atoms with Crippen LogP contribution in [0.25, 0.3) is 0 Å². The fourth-order valence-electron chi connectivity index (χ4n) is 3.34. The van der Waals surface area contributed by atoms with E-state index in [9.17, 15) is 9.18 Å². The quantitative estimate of drug-likeness (QED) is 0.754. The third-order valence-electron chi connectivity index (χ3n) is 3.98. The molecule has 1 aromatic rings. The van der Waals surface area contributed by atoms with Gasteiger partial charge in [-0.25, -0.2) is 4.39 Å². The van der Waals surface area contributed by atoms with Crippen molar-refractivity contribution < 1.29 is 13.9 Å². The molecule has 20 heavy (non-hydrogen) atoms. The zero-order valence-corrected chi connectivity index (χ0v) is 12.7. The van der Waals surface area contributed by atoms with Gasteiger partial charge in [0.1, 0.15) is 0 Å². The van der Waals surface area contributed by atoms with E-state index < -0.39 is 5.82 Å². The molecule has 2 rings (SSSR count). The summed E-state index contributed by atoms with van der Waals surface area (Å²) in [7, 11) is 0. The Bertz CT molecular complexity index is 508. The van der Waals surface area contributed by atoms with Crippen molar-refractivity contribution >= 4 is 5.78 Å². The predicted molar refractivity (Wildman–Crippen MR) is 77.6 cm³/mol. The number of carbonyl (C=O) groups excluding carboxylic acids is 1. The summed E-state index contributed by atoms with van der Waals surface area (Å²) in [4.78, 5) is 11.2. The zero-order valence-electron chi connectivity index (χ0n) is 12.7. The molecule has 1 fully saturated rings. The van der Waals surface area contributed by atoms with Crippen molar-refractivity contribution in [2.45, 2.75) is 53.1 Å². The van der Waals surface area contributed by atoms with Crippen molar-refractivity contribution in [2.75, 3.05) is 0 Å². The summed E-state index contributed by atoms with van der Waals surface area (Å²) in [6, 6.07) is 4.45. The summed E-state index contributed by atoms with van der Waals surface area (Å²) in [6.45, 7) is 8.11. The standard InChI is InChI=1S/C17H23FO2/c1-11-7-14(10-17(3,4)9-11)20-16-6-5-13(12(2)19)8-15(16)18/h5-6,8,11,14H,7,9-10H2,1-4H3. The second-order valence-corrected chi connectivity index (χ2v) is 6.85. The van der Waals surface area contributed by atoms with Crippen LogP contribution in [0.1, 0.15) is 57.3 Å². The van der Waals surface area contributed by atoms with Crippen LogP contribution >= 0.6 is 0 Å². The van der Waals surface area contributed by atoms with Crippen molar-refractivity contribution in [2.24, 2.45) is 11.3 Å². The van der Waals surface area contributed by atoms with Gasteiger partial charge >= 0.3 is 0 Å². The van der Waals surface area contributed by atoms with Gasteiger partial charge in [-0.15, -0.1) is 0 Å². The highest BCUT2D eigenvalue weighted by atomic mass is 19.1. The van der Waals surface area contributed by atoms with E-state index in [0.717, 1.165) is 12.8 Å². The molecule has 2 atom stereocenters. The van der Waals surface area contributed by atoms with Crippen LogP contribution in [0.5, 0.6) is 5.75 Å². The Hall–Kier alpha value is -1.38. The first kappa shape index (κ1) is 15.0. The molecule has 2 nitrogen and oxygen atoms in total. The van der Waals surface area contributed by atoms with Gasteiger partial charge in [0.05, 0.1) is 6.10 Å². The monoisotopic (exact) mass is 278 g/mol. The molecule has 1 saturated carbocycles. The molecule has 0 radical (unpaired) electrons. The fraction of sp³-hybridized carbons (Fsp3) is 0.588. The van der Waals surface area contributed by atoms with Crippen LogP contribution in [0.3, 0.4) is 0 Å². The highest BCUT2D eigenvalue weighted by Gasteiger charge is 2.33. The number of hydrogen-bond acceptors (Lipinski definition) is 2. The second kappa shape index (κ2) is 5.55. The predicted octanol–water partition coefficient (Wildman–Crippen LogP) is 4.62. The number of Topliss-reactive ketones (excluding diaryl/α,β-unsaturated/α-hetero) is 1. The van der Waals surface area contributed by atoms with Crippen LogP contribution in [0.4, 0.5) is 4.39 Å². The highest BCUT2D eigenvalue weighted by molar-refractivity contribution is 5.94. The molecule has 0 heterocycles. The second-order valence-electron chi connectivity index (χ2n) is 6.85. The molecule has 110 valence electrons. The van der Waals surface area contributed by atoms with Gasteiger partial charge in [-0.3, -0.25) is 4.79 Å². The molecule has 2 unspecified atom stereocenters. The van der Waals surface area contributed by atoms with Crippen molar-refractivity contribution in [3.63, 3.8) is 0 Å². The lowest BCUT2D eigenvalue weighted by Gasteiger charge is -2.38. The van der Waals surface area contributed by atoms with Crippen LogP contribution in [0.15, 0.2) is 18.2 Å². The summed E-state index contributed by atoms with van der Waals surface area (Å²) in [6.07, 6.45) is 3.12. The number of carbonyl (C=O) groups is 1. The summed E-state index contributed by atoms with van der Waals surface area (Å²) in [5, 5.41) is 0. The molecule has 0 N–H and O–H groups in total. The van der Waals surface area contributed by atoms with E-state index in [1.165, 1.54) is 19.4 Å². The lowest BCUT2D eigenvalue weighted by Crippen LogP contribution is -2.34. The van der Waals surface area contributed by atoms with E-state index >= 15 is 0 Å². The molecule has 0 aromatic heterocycles. The van der Waals surface area contributed by atoms with Crippen LogP contribution < -0.4 is 4.74 Å². The van der Waals surface area contributed by atoms with Crippen molar-refractivity contribution in [3.05, 3.63) is 29.6 Å². The number of halogens is 1. The van der Waals surface area contributed by atoms with Gasteiger partial charge in [-0.2, -0.15) is 0 Å². The molecule has 0 saturated heterocycles. The minimum atomic E-state index is -0.450. The van der Waals surface area contributed by atoms with Gasteiger partial charge in [0.25, 0.3) is 0 Å². The lowest BCUT2D eigenvalue weighted by atomic mass is 9.71. The maximum absolute atomic E-state index is 14.0. The maximum atomic E-state index is 14.0. The molecule has 1 aromatic carbocycles. The third kappa shape index (κ3) is 3.59. The Balaban J connectivity index is 2.12. The first-order valence-electron chi connectivity index (χ1n) is 7.24. The molecule has 0 amide bonds. The zero-order chi connectivity index (χ0) is 14.9. The molecular weight excluding hydrogens is 255 g/mol. The fourth-order valence-corrected chi connectivity index (χ4v) is 3.34. The SMILES string of the molecule is CC(=O)c1ccc(OC2CC(C)CC(C)(C)C2)c(F)c1. The number of ketones is 1. The summed E-state index contributed by atoms with van der Waals surface area (Å²) < 4.78 is 19.8. The van der Waals surface area contributed by atoms with Gasteiger partial charge in [0, 0.05) is 5.56 Å². The number of rotatable bonds is 3. The molecule has 3 heteroatoms. The minimum Gasteiger partial charge on any atom is -0.487 e. The Morgan fingerprint density at radius 3 is 2.60 bits per heavy atom. The van der Waals surface area contributed by atoms with Gasteiger partial charge in [-0.05, 0) is 55.7 Å². The van der Waals surface area contributed by atoms with E-state index in [0.29, 0.717) is 11.5 Å². The first-order valence-corrected chi connectivity index (χ1v) is 7.24. The molecule has 1 aliphatic rings. The summed E-state index contributed by atoms with van der Waals surface area (Å²) in [5.41, 5.74) is 0.616. The van der Waals surface area contributed by atoms with Crippen molar-refractivity contribution in [3.8, 4) is 5.75 Å². The summed E-state index contributed by atoms with van der Waals surface area (Å²) >= 11 is 0. The van der Waals surface area contributed by atoms with Gasteiger partial charge in [0.2, 0.25) is 0 Å². The molecule has 0 aliphatic heterocycles. The largest absolute Gasteiger partial charge is 0.487 e. The number of hydrogen-bond donors (Lipinski definition) is 0. The molecule has 0 bridgehead atoms. The third-order valence-corrected chi connectivity index (χ3v) is 3.98. The minimum absolute atomic E-state index is 0.0476. The Labute approximate surface area is 120 Å². The van der Waals surface area contributed by atoms with E-state index in [2.05, 4.69) is 20.8 Å². The Morgan fingerprint density at radius 1 is 1.35 bits per heavy atom. The Morgan fingerprint density at radius 2 is 2.05 bits per heavy atom. The van der Waals surface area contributed by atoms with Crippen LogP contribution in [-0.4, -0.2) is 11.9 Å². The normalized spacial score (nSPS) is 25.2. The van der Waals surface area contributed by atoms with E-state index in [1.807, 2.05) is 0 Å². The smallest absolute Gasteiger partial charge is 0.165 e. The summed E-state index contributed by atoms with van der Waals surface area (Å²) in [5.74, 6) is 0.254. The molecular formula is C17H23FO2. The van der Waals surface area contributed by atoms with Crippen molar-refractivity contribution in [1.82, 2.24) is 0 Å². The van der Waals surface area contributed by atoms with Crippen LogP contribution in [0, 0.1) is 17.2 Å². The van der Waals surface area contributed by atoms with E-state index in [1.54, 1.807) is 12.1 Å². The van der Waals surface area contributed by atoms with E-state index in [-0.39, 0.29) is 23.1 Å². The van der Waals surface area contributed by atoms with Gasteiger partial charge < -0.3 is 4.74 Å². The van der Waals surface area contributed by atoms with Crippen LogP contribution in [0.2, 0.25) is 0 Å². The Kier molecular flexibility index (Phi) is 4.17. The maximum Gasteiger partial charge on any atom is 0.165 e. The van der Waals surface area contributed by atoms with Crippen molar-refractivity contribution in [1.29, 1.82) is 0 Å². The molecule has 1 aliphatic carbocycles. The average Bonchev–Trinajstić information content (AvgIpc) is 2.28. The highest BCUT2D eigenvalue weighted by Crippen LogP contribution is 2.40. The van der Waals surface area contributed by atoms with Gasteiger partial charge in [-0.1, -0.05) is 20.8 Å².